The van der Waals surface area contributed by atoms with Crippen LogP contribution in [0.5, 0.6) is 0 Å². The first-order valence-electron chi connectivity index (χ1n) is 8.34. The normalized spacial score (nSPS) is 11.3. The van der Waals surface area contributed by atoms with Crippen LogP contribution >= 0.6 is 23.4 Å². The van der Waals surface area contributed by atoms with Crippen LogP contribution in [0.1, 0.15) is 21.5 Å². The molecule has 0 saturated carbocycles. The molecule has 0 aliphatic rings. The van der Waals surface area contributed by atoms with Crippen molar-refractivity contribution in [1.29, 1.82) is 0 Å². The van der Waals surface area contributed by atoms with Crippen molar-refractivity contribution in [3.63, 3.8) is 0 Å². The van der Waals surface area contributed by atoms with E-state index >= 15 is 0 Å². The number of aryl methyl sites for hydroxylation is 1. The predicted molar refractivity (Wildman–Crippen MR) is 114 cm³/mol. The van der Waals surface area contributed by atoms with Gasteiger partial charge >= 0.3 is 0 Å². The highest BCUT2D eigenvalue weighted by atomic mass is 35.5. The molecule has 2 aromatic rings. The SMILES string of the molecule is Cc1ccc(C(=O)NCCSCc2ccccc2Cl)cc1N(C)S(C)(=O)=O. The lowest BCUT2D eigenvalue weighted by Crippen LogP contribution is -2.28. The fraction of sp³-hybridized carbons (Fsp3) is 0.316. The van der Waals surface area contributed by atoms with Gasteiger partial charge < -0.3 is 5.32 Å². The van der Waals surface area contributed by atoms with E-state index in [-0.39, 0.29) is 5.91 Å². The van der Waals surface area contributed by atoms with Gasteiger partial charge in [0.1, 0.15) is 0 Å². The fourth-order valence-corrected chi connectivity index (χ4v) is 4.10. The predicted octanol–water partition coefficient (Wildman–Crippen LogP) is 3.71. The maximum atomic E-state index is 12.4. The highest BCUT2D eigenvalue weighted by Crippen LogP contribution is 2.23. The lowest BCUT2D eigenvalue weighted by Gasteiger charge is -2.19. The molecule has 0 aliphatic heterocycles. The zero-order chi connectivity index (χ0) is 20.0. The molecule has 0 aliphatic carbocycles. The molecule has 27 heavy (non-hydrogen) atoms. The maximum absolute atomic E-state index is 12.4. The van der Waals surface area contributed by atoms with Gasteiger partial charge in [0.15, 0.2) is 0 Å². The molecule has 0 bridgehead atoms. The van der Waals surface area contributed by atoms with Crippen molar-refractivity contribution in [3.05, 3.63) is 64.2 Å². The molecule has 5 nitrogen and oxygen atoms in total. The van der Waals surface area contributed by atoms with Crippen LogP contribution in [0.25, 0.3) is 0 Å². The maximum Gasteiger partial charge on any atom is 0.251 e. The lowest BCUT2D eigenvalue weighted by atomic mass is 10.1. The largest absolute Gasteiger partial charge is 0.351 e. The van der Waals surface area contributed by atoms with Crippen LogP contribution in [-0.4, -0.2) is 39.9 Å². The highest BCUT2D eigenvalue weighted by Gasteiger charge is 2.16. The minimum absolute atomic E-state index is 0.225. The number of carbonyl (C=O) groups is 1. The third-order valence-corrected chi connectivity index (χ3v) is 6.62. The molecular weight excluding hydrogens is 404 g/mol. The number of amides is 1. The Morgan fingerprint density at radius 2 is 1.93 bits per heavy atom. The zero-order valence-electron chi connectivity index (χ0n) is 15.5. The number of nitrogens with one attached hydrogen (secondary N) is 1. The molecule has 2 rings (SSSR count). The van der Waals surface area contributed by atoms with Crippen LogP contribution in [0.2, 0.25) is 5.02 Å². The van der Waals surface area contributed by atoms with Crippen molar-refractivity contribution >= 4 is 45.0 Å². The van der Waals surface area contributed by atoms with Crippen molar-refractivity contribution in [3.8, 4) is 0 Å². The van der Waals surface area contributed by atoms with Crippen LogP contribution in [0, 0.1) is 6.92 Å². The van der Waals surface area contributed by atoms with Gasteiger partial charge in [0.05, 0.1) is 11.9 Å². The molecule has 0 aromatic heterocycles. The minimum Gasteiger partial charge on any atom is -0.351 e. The van der Waals surface area contributed by atoms with Crippen molar-refractivity contribution in [2.45, 2.75) is 12.7 Å². The summed E-state index contributed by atoms with van der Waals surface area (Å²) in [5, 5.41) is 3.61. The standard InChI is InChI=1S/C19H23ClN2O3S2/c1-14-8-9-15(12-18(14)22(2)27(3,24)25)19(23)21-10-11-26-13-16-6-4-5-7-17(16)20/h4-9,12H,10-11,13H2,1-3H3,(H,21,23). The first-order chi connectivity index (χ1) is 12.7. The van der Waals surface area contributed by atoms with Gasteiger partial charge in [-0.2, -0.15) is 11.8 Å². The van der Waals surface area contributed by atoms with Crippen molar-refractivity contribution in [1.82, 2.24) is 5.32 Å². The molecule has 0 radical (unpaired) electrons. The fourth-order valence-electron chi connectivity index (χ4n) is 2.40. The molecule has 0 fully saturated rings. The van der Waals surface area contributed by atoms with Crippen molar-refractivity contribution < 1.29 is 13.2 Å². The third kappa shape index (κ3) is 6.16. The Balaban J connectivity index is 1.90. The number of benzene rings is 2. The van der Waals surface area contributed by atoms with E-state index in [1.54, 1.807) is 30.0 Å². The van der Waals surface area contributed by atoms with E-state index in [0.29, 0.717) is 17.8 Å². The van der Waals surface area contributed by atoms with Gasteiger partial charge in [-0.05, 0) is 36.2 Å². The number of anilines is 1. The van der Waals surface area contributed by atoms with E-state index in [1.165, 1.54) is 11.4 Å². The summed E-state index contributed by atoms with van der Waals surface area (Å²) in [7, 11) is -1.91. The topological polar surface area (TPSA) is 66.5 Å². The molecule has 2 aromatic carbocycles. The second kappa shape index (κ2) is 9.48. The highest BCUT2D eigenvalue weighted by molar-refractivity contribution is 7.98. The van der Waals surface area contributed by atoms with Gasteiger partial charge in [0.25, 0.3) is 5.91 Å². The van der Waals surface area contributed by atoms with E-state index < -0.39 is 10.0 Å². The molecule has 0 unspecified atom stereocenters. The summed E-state index contributed by atoms with van der Waals surface area (Å²) in [5.41, 5.74) is 2.79. The summed E-state index contributed by atoms with van der Waals surface area (Å²) in [5.74, 6) is 1.30. The Labute approximate surface area is 170 Å². The molecule has 0 saturated heterocycles. The Morgan fingerprint density at radius 1 is 1.22 bits per heavy atom. The first kappa shape index (κ1) is 21.6. The average Bonchev–Trinajstić information content (AvgIpc) is 2.61. The van der Waals surface area contributed by atoms with Gasteiger partial charge in [0.2, 0.25) is 10.0 Å². The Morgan fingerprint density at radius 3 is 2.59 bits per heavy atom. The van der Waals surface area contributed by atoms with E-state index in [9.17, 15) is 13.2 Å². The van der Waals surface area contributed by atoms with Crippen LogP contribution in [0.3, 0.4) is 0 Å². The van der Waals surface area contributed by atoms with E-state index in [2.05, 4.69) is 5.32 Å². The molecule has 1 amide bonds. The van der Waals surface area contributed by atoms with E-state index in [0.717, 1.165) is 33.9 Å². The van der Waals surface area contributed by atoms with Gasteiger partial charge in [-0.1, -0.05) is 35.9 Å². The van der Waals surface area contributed by atoms with E-state index in [1.807, 2.05) is 31.2 Å². The smallest absolute Gasteiger partial charge is 0.251 e. The number of halogens is 1. The monoisotopic (exact) mass is 426 g/mol. The summed E-state index contributed by atoms with van der Waals surface area (Å²) in [6.45, 7) is 2.32. The third-order valence-electron chi connectivity index (χ3n) is 4.06. The van der Waals surface area contributed by atoms with Crippen LogP contribution < -0.4 is 9.62 Å². The minimum atomic E-state index is -3.39. The quantitative estimate of drug-likeness (QED) is 0.653. The van der Waals surface area contributed by atoms with Gasteiger partial charge in [0, 0.05) is 35.7 Å². The van der Waals surface area contributed by atoms with Gasteiger partial charge in [-0.15, -0.1) is 0 Å². The van der Waals surface area contributed by atoms with Crippen molar-refractivity contribution in [2.75, 3.05) is 29.9 Å². The number of thioether (sulfide) groups is 1. The van der Waals surface area contributed by atoms with Crippen LogP contribution in [-0.2, 0) is 15.8 Å². The molecule has 0 heterocycles. The molecule has 8 heteroatoms. The first-order valence-corrected chi connectivity index (χ1v) is 11.7. The Hall–Kier alpha value is -1.70. The summed E-state index contributed by atoms with van der Waals surface area (Å²) in [6, 6.07) is 12.7. The number of rotatable bonds is 8. The molecular formula is C19H23ClN2O3S2. The second-order valence-corrected chi connectivity index (χ2v) is 9.66. The van der Waals surface area contributed by atoms with Gasteiger partial charge in [-0.25, -0.2) is 8.42 Å². The summed E-state index contributed by atoms with van der Waals surface area (Å²) < 4.78 is 24.7. The van der Waals surface area contributed by atoms with Crippen molar-refractivity contribution in [2.24, 2.45) is 0 Å². The number of carbonyl (C=O) groups excluding carboxylic acids is 1. The Kier molecular flexibility index (Phi) is 7.59. The number of nitrogens with zero attached hydrogens (tertiary/aromatic N) is 1. The second-order valence-electron chi connectivity index (χ2n) is 6.13. The summed E-state index contributed by atoms with van der Waals surface area (Å²) >= 11 is 7.81. The molecule has 0 atom stereocenters. The number of hydrogen-bond donors (Lipinski definition) is 1. The average molecular weight is 427 g/mol. The molecule has 1 N–H and O–H groups in total. The van der Waals surface area contributed by atoms with E-state index in [4.69, 9.17) is 11.6 Å². The van der Waals surface area contributed by atoms with Crippen LogP contribution in [0.15, 0.2) is 42.5 Å². The van der Waals surface area contributed by atoms with Gasteiger partial charge in [-0.3, -0.25) is 9.10 Å². The van der Waals surface area contributed by atoms with Crippen LogP contribution in [0.4, 0.5) is 5.69 Å². The molecule has 0 spiro atoms. The summed E-state index contributed by atoms with van der Waals surface area (Å²) in [6.07, 6.45) is 1.13. The zero-order valence-corrected chi connectivity index (χ0v) is 17.9. The lowest BCUT2D eigenvalue weighted by molar-refractivity contribution is 0.0956. The summed E-state index contributed by atoms with van der Waals surface area (Å²) in [4.78, 5) is 12.4. The number of hydrogen-bond acceptors (Lipinski definition) is 4. The Bertz CT molecular complexity index is 917. The number of sulfonamides is 1. The molecule has 146 valence electrons.